The van der Waals surface area contributed by atoms with Crippen LogP contribution >= 0.6 is 0 Å². The summed E-state index contributed by atoms with van der Waals surface area (Å²) in [7, 11) is 0. The molecule has 2 aliphatic rings. The molecular weight excluding hydrogens is 859 g/mol. The van der Waals surface area contributed by atoms with E-state index in [0.29, 0.717) is 0 Å². The number of hydrogen-bond acceptors (Lipinski definition) is 3. The van der Waals surface area contributed by atoms with Crippen molar-refractivity contribution in [1.82, 2.24) is 0 Å². The van der Waals surface area contributed by atoms with Crippen molar-refractivity contribution in [1.29, 1.82) is 0 Å². The fraction of sp³-hybridized carbons (Fsp3) is 0.0294. The molecule has 0 saturated heterocycles. The molecule has 3 heteroatoms. The first-order valence-electron chi connectivity index (χ1n) is 24.5. The topological polar surface area (TPSA) is 9.72 Å². The lowest BCUT2D eigenvalue weighted by Gasteiger charge is -2.34. The molecule has 2 aliphatic carbocycles. The monoisotopic (exact) mass is 907 g/mol. The fourth-order valence-corrected chi connectivity index (χ4v) is 11.5. The third kappa shape index (κ3) is 6.96. The van der Waals surface area contributed by atoms with Crippen molar-refractivity contribution in [2.75, 3.05) is 14.7 Å². The highest BCUT2D eigenvalue weighted by Crippen LogP contribution is 2.64. The Morgan fingerprint density at radius 1 is 0.239 bits per heavy atom. The van der Waals surface area contributed by atoms with Crippen molar-refractivity contribution in [3.8, 4) is 33.4 Å². The van der Waals surface area contributed by atoms with Gasteiger partial charge in [-0.15, -0.1) is 0 Å². The number of rotatable bonds is 10. The molecule has 0 saturated carbocycles. The largest absolute Gasteiger partial charge is 0.310 e. The second-order valence-electron chi connectivity index (χ2n) is 18.5. The fourth-order valence-electron chi connectivity index (χ4n) is 11.5. The lowest BCUT2D eigenvalue weighted by Crippen LogP contribution is -2.26. The molecule has 3 nitrogen and oxygen atoms in total. The second-order valence-corrected chi connectivity index (χ2v) is 18.5. The number of para-hydroxylation sites is 4. The van der Waals surface area contributed by atoms with E-state index < -0.39 is 5.41 Å². The Labute approximate surface area is 416 Å². The zero-order valence-corrected chi connectivity index (χ0v) is 39.4. The van der Waals surface area contributed by atoms with Gasteiger partial charge in [0.2, 0.25) is 0 Å². The summed E-state index contributed by atoms with van der Waals surface area (Å²) >= 11 is 0. The van der Waals surface area contributed by atoms with Gasteiger partial charge < -0.3 is 14.7 Å². The maximum atomic E-state index is 2.50. The third-order valence-corrected chi connectivity index (χ3v) is 14.5. The molecule has 13 rings (SSSR count). The molecule has 0 heterocycles. The lowest BCUT2D eigenvalue weighted by atomic mass is 9.70. The molecule has 0 N–H and O–H groups in total. The van der Waals surface area contributed by atoms with E-state index in [9.17, 15) is 0 Å². The van der Waals surface area contributed by atoms with Crippen molar-refractivity contribution >= 4 is 51.2 Å². The van der Waals surface area contributed by atoms with Crippen molar-refractivity contribution in [3.05, 3.63) is 307 Å². The van der Waals surface area contributed by atoms with Crippen LogP contribution in [0, 0.1) is 6.92 Å². The first kappa shape index (κ1) is 42.0. The van der Waals surface area contributed by atoms with Crippen molar-refractivity contribution < 1.29 is 0 Å². The van der Waals surface area contributed by atoms with Crippen LogP contribution in [-0.2, 0) is 5.41 Å². The first-order valence-corrected chi connectivity index (χ1v) is 24.5. The van der Waals surface area contributed by atoms with Crippen LogP contribution in [0.2, 0.25) is 0 Å². The SMILES string of the molecule is Cc1cccc2c1-c1ccc(N(c3ccc(-c4ccccc4)cc3)c3cc(N(c4ccccc4)c4ccccc4)cc(N(c4ccccc4)c4ccccc4)c3)cc1C21c2ccccc2-c2ccccc21. The molecular formula is C68H49N3. The summed E-state index contributed by atoms with van der Waals surface area (Å²) in [6.07, 6.45) is 0. The number of benzene rings is 11. The quantitative estimate of drug-likeness (QED) is 0.135. The van der Waals surface area contributed by atoms with Crippen LogP contribution in [0.15, 0.2) is 279 Å². The summed E-state index contributed by atoms with van der Waals surface area (Å²) in [5, 5.41) is 0. The van der Waals surface area contributed by atoms with Crippen LogP contribution in [-0.4, -0.2) is 0 Å². The summed E-state index contributed by atoms with van der Waals surface area (Å²) in [6.45, 7) is 2.27. The summed E-state index contributed by atoms with van der Waals surface area (Å²) in [4.78, 5) is 7.23. The molecule has 0 aliphatic heterocycles. The molecule has 11 aromatic carbocycles. The summed E-state index contributed by atoms with van der Waals surface area (Å²) in [5.41, 5.74) is 23.1. The molecule has 71 heavy (non-hydrogen) atoms. The van der Waals surface area contributed by atoms with Gasteiger partial charge in [-0.05, 0) is 159 Å². The van der Waals surface area contributed by atoms with Gasteiger partial charge in [-0.25, -0.2) is 0 Å². The maximum Gasteiger partial charge on any atom is 0.0726 e. The Morgan fingerprint density at radius 3 is 1.08 bits per heavy atom. The predicted octanol–water partition coefficient (Wildman–Crippen LogP) is 18.4. The van der Waals surface area contributed by atoms with Gasteiger partial charge in [0.1, 0.15) is 0 Å². The Hall–Kier alpha value is -9.18. The second kappa shape index (κ2) is 17.4. The van der Waals surface area contributed by atoms with Gasteiger partial charge in [-0.2, -0.15) is 0 Å². The minimum Gasteiger partial charge on any atom is -0.310 e. The Bertz CT molecular complexity index is 3480. The predicted molar refractivity (Wildman–Crippen MR) is 297 cm³/mol. The van der Waals surface area contributed by atoms with E-state index in [-0.39, 0.29) is 0 Å². The number of hydrogen-bond donors (Lipinski definition) is 0. The van der Waals surface area contributed by atoms with Gasteiger partial charge in [-0.1, -0.05) is 188 Å². The Balaban J connectivity index is 1.10. The van der Waals surface area contributed by atoms with E-state index in [4.69, 9.17) is 0 Å². The highest BCUT2D eigenvalue weighted by Gasteiger charge is 2.52. The lowest BCUT2D eigenvalue weighted by molar-refractivity contribution is 0.793. The third-order valence-electron chi connectivity index (χ3n) is 14.5. The van der Waals surface area contributed by atoms with Crippen molar-refractivity contribution in [2.45, 2.75) is 12.3 Å². The molecule has 0 bridgehead atoms. The van der Waals surface area contributed by atoms with Crippen molar-refractivity contribution in [2.24, 2.45) is 0 Å². The van der Waals surface area contributed by atoms with Gasteiger partial charge in [0.05, 0.1) is 22.5 Å². The Kier molecular flexibility index (Phi) is 10.3. The highest BCUT2D eigenvalue weighted by molar-refractivity contribution is 5.98. The number of nitrogens with zero attached hydrogens (tertiary/aromatic N) is 3. The smallest absolute Gasteiger partial charge is 0.0726 e. The van der Waals surface area contributed by atoms with Crippen LogP contribution in [0.5, 0.6) is 0 Å². The Morgan fingerprint density at radius 2 is 0.606 bits per heavy atom. The van der Waals surface area contributed by atoms with E-state index in [1.165, 1.54) is 61.2 Å². The minimum atomic E-state index is -0.509. The van der Waals surface area contributed by atoms with Crippen LogP contribution in [0.25, 0.3) is 33.4 Å². The normalized spacial score (nSPS) is 12.4. The van der Waals surface area contributed by atoms with E-state index in [1.54, 1.807) is 0 Å². The molecule has 0 aromatic heterocycles. The van der Waals surface area contributed by atoms with E-state index >= 15 is 0 Å². The standard InChI is InChI=1S/C68H49N3/c1-48-22-21-37-65-67(48)62-43-42-56(47-66(62)68(65)63-35-19-17-33-60(63)61-34-18-20-36-64(61)68)71(55-40-38-50(39-41-55)49-23-7-2-8-24-49)59-45-57(69(51-25-9-3-10-26-51)52-27-11-4-12-28-52)44-58(46-59)70(53-29-13-5-14-30-53)54-31-15-6-16-32-54/h2-47H,1H3. The highest BCUT2D eigenvalue weighted by atomic mass is 15.2. The molecule has 0 radical (unpaired) electrons. The van der Waals surface area contributed by atoms with Gasteiger partial charge in [0.15, 0.2) is 0 Å². The average Bonchev–Trinajstić information content (AvgIpc) is 3.93. The zero-order valence-electron chi connectivity index (χ0n) is 39.4. The van der Waals surface area contributed by atoms with E-state index in [2.05, 4.69) is 301 Å². The summed E-state index contributed by atoms with van der Waals surface area (Å²) in [5.74, 6) is 0. The van der Waals surface area contributed by atoms with Crippen molar-refractivity contribution in [3.63, 3.8) is 0 Å². The molecule has 0 atom stereocenters. The number of fused-ring (bicyclic) bond motifs is 10. The van der Waals surface area contributed by atoms with Gasteiger partial charge in [0.25, 0.3) is 0 Å². The number of anilines is 9. The molecule has 0 unspecified atom stereocenters. The van der Waals surface area contributed by atoms with Gasteiger partial charge >= 0.3 is 0 Å². The van der Waals surface area contributed by atoms with E-state index in [0.717, 1.165) is 51.2 Å². The summed E-state index contributed by atoms with van der Waals surface area (Å²) in [6, 6.07) is 102. The van der Waals surface area contributed by atoms with Crippen LogP contribution in [0.3, 0.4) is 0 Å². The average molecular weight is 908 g/mol. The maximum absolute atomic E-state index is 2.50. The van der Waals surface area contributed by atoms with Crippen LogP contribution < -0.4 is 14.7 Å². The van der Waals surface area contributed by atoms with E-state index in [1.807, 2.05) is 0 Å². The number of aryl methyl sites for hydroxylation is 1. The van der Waals surface area contributed by atoms with Gasteiger partial charge in [-0.3, -0.25) is 0 Å². The molecule has 0 amide bonds. The first-order chi connectivity index (χ1) is 35.1. The summed E-state index contributed by atoms with van der Waals surface area (Å²) < 4.78 is 0. The minimum absolute atomic E-state index is 0.509. The molecule has 336 valence electrons. The molecule has 11 aromatic rings. The molecule has 1 spiro atoms. The van der Waals surface area contributed by atoms with Gasteiger partial charge in [0, 0.05) is 34.1 Å². The van der Waals surface area contributed by atoms with Crippen LogP contribution in [0.4, 0.5) is 51.2 Å². The van der Waals surface area contributed by atoms with Crippen LogP contribution in [0.1, 0.15) is 27.8 Å². The zero-order chi connectivity index (χ0) is 47.3. The molecule has 0 fully saturated rings.